The summed E-state index contributed by atoms with van der Waals surface area (Å²) in [5.41, 5.74) is 3.96. The molecule has 0 radical (unpaired) electrons. The number of ether oxygens (including phenoxy) is 1. The van der Waals surface area contributed by atoms with Gasteiger partial charge in [-0.05, 0) is 30.7 Å². The van der Waals surface area contributed by atoms with Crippen LogP contribution in [0.25, 0.3) is 15.3 Å². The lowest BCUT2D eigenvalue weighted by Gasteiger charge is -2.15. The first-order valence-electron chi connectivity index (χ1n) is 9.15. The van der Waals surface area contributed by atoms with Crippen LogP contribution in [0.1, 0.15) is 22.1 Å². The van der Waals surface area contributed by atoms with Gasteiger partial charge in [0, 0.05) is 5.56 Å². The molecule has 1 atom stereocenters. The molecule has 0 spiro atoms. The Balaban J connectivity index is 1.67. The van der Waals surface area contributed by atoms with Crippen LogP contribution in [0.2, 0.25) is 0 Å². The lowest BCUT2D eigenvalue weighted by Crippen LogP contribution is -2.15. The Morgan fingerprint density at radius 1 is 1.21 bits per heavy atom. The molecule has 6 nitrogen and oxygen atoms in total. The van der Waals surface area contributed by atoms with Crippen molar-refractivity contribution < 1.29 is 9.53 Å². The number of hydrogen-bond acceptors (Lipinski definition) is 6. The number of aromatic nitrogens is 3. The molecule has 1 aliphatic rings. The summed E-state index contributed by atoms with van der Waals surface area (Å²) in [5.74, 6) is 1.86. The van der Waals surface area contributed by atoms with Crippen molar-refractivity contribution in [1.82, 2.24) is 14.8 Å². The molecule has 29 heavy (non-hydrogen) atoms. The largest absolute Gasteiger partial charge is 0.497 e. The summed E-state index contributed by atoms with van der Waals surface area (Å²) in [7, 11) is 1.65. The highest BCUT2D eigenvalue weighted by atomic mass is 32.2. The molecule has 4 aromatic rings. The van der Waals surface area contributed by atoms with Gasteiger partial charge in [0.05, 0.1) is 34.0 Å². The van der Waals surface area contributed by atoms with Crippen molar-refractivity contribution >= 4 is 45.0 Å². The molecule has 0 unspecified atom stereocenters. The smallest absolute Gasteiger partial charge is 0.235 e. The lowest BCUT2D eigenvalue weighted by atomic mass is 10.0. The average molecular weight is 423 g/mol. The van der Waals surface area contributed by atoms with Crippen molar-refractivity contribution in [3.63, 3.8) is 0 Å². The van der Waals surface area contributed by atoms with Crippen molar-refractivity contribution in [2.24, 2.45) is 0 Å². The SMILES string of the molecule is COc1ccc2nc(-n3nc(C)c4c3NC(=O)CS[C@@H]4c3ccccc3)sc2c1. The first kappa shape index (κ1) is 18.2. The zero-order chi connectivity index (χ0) is 20.0. The van der Waals surface area contributed by atoms with Gasteiger partial charge < -0.3 is 10.1 Å². The van der Waals surface area contributed by atoms with E-state index in [1.807, 2.05) is 43.3 Å². The maximum atomic E-state index is 12.5. The number of thioether (sulfide) groups is 1. The number of methoxy groups -OCH3 is 1. The average Bonchev–Trinajstić information content (AvgIpc) is 3.24. The van der Waals surface area contributed by atoms with Crippen molar-refractivity contribution in [3.8, 4) is 10.9 Å². The van der Waals surface area contributed by atoms with E-state index in [4.69, 9.17) is 14.8 Å². The highest BCUT2D eigenvalue weighted by Gasteiger charge is 2.31. The highest BCUT2D eigenvalue weighted by molar-refractivity contribution is 8.00. The van der Waals surface area contributed by atoms with Gasteiger partial charge in [-0.3, -0.25) is 4.79 Å². The fourth-order valence-electron chi connectivity index (χ4n) is 3.52. The van der Waals surface area contributed by atoms with Crippen LogP contribution >= 0.6 is 23.1 Å². The molecule has 146 valence electrons. The minimum atomic E-state index is -0.0291. The van der Waals surface area contributed by atoms with Gasteiger partial charge in [-0.25, -0.2) is 4.98 Å². The Morgan fingerprint density at radius 3 is 2.83 bits per heavy atom. The standard InChI is InChI=1S/C21H18N4O2S2/c1-12-18-19(13-6-4-3-5-7-13)28-11-17(26)23-20(18)25(24-12)21-22-15-9-8-14(27-2)10-16(15)29-21/h3-10,19H,11H2,1-2H3,(H,23,26)/t19-/m1/s1. The molecule has 8 heteroatoms. The molecule has 0 saturated carbocycles. The quantitative estimate of drug-likeness (QED) is 0.524. The fourth-order valence-corrected chi connectivity index (χ4v) is 5.66. The van der Waals surface area contributed by atoms with Crippen LogP contribution in [0.5, 0.6) is 5.75 Å². The third-order valence-electron chi connectivity index (χ3n) is 4.88. The maximum Gasteiger partial charge on any atom is 0.235 e. The number of carbonyl (C=O) groups is 1. The number of fused-ring (bicyclic) bond motifs is 2. The summed E-state index contributed by atoms with van der Waals surface area (Å²) >= 11 is 3.14. The lowest BCUT2D eigenvalue weighted by molar-refractivity contribution is -0.113. The van der Waals surface area contributed by atoms with Crippen molar-refractivity contribution in [3.05, 3.63) is 65.4 Å². The van der Waals surface area contributed by atoms with Gasteiger partial charge in [0.1, 0.15) is 11.6 Å². The van der Waals surface area contributed by atoms with Crippen LogP contribution in [-0.4, -0.2) is 33.5 Å². The molecule has 1 amide bonds. The third-order valence-corrected chi connectivity index (χ3v) is 7.14. The maximum absolute atomic E-state index is 12.5. The summed E-state index contributed by atoms with van der Waals surface area (Å²) in [5, 5.41) is 8.57. The second-order valence-electron chi connectivity index (χ2n) is 6.74. The summed E-state index contributed by atoms with van der Waals surface area (Å²) in [4.78, 5) is 17.2. The number of anilines is 1. The van der Waals surface area contributed by atoms with Gasteiger partial charge in [-0.1, -0.05) is 41.7 Å². The van der Waals surface area contributed by atoms with E-state index < -0.39 is 0 Å². The summed E-state index contributed by atoms with van der Waals surface area (Å²) in [6, 6.07) is 16.0. The fraction of sp³-hybridized carbons (Fsp3) is 0.190. The Hall–Kier alpha value is -2.84. The first-order valence-corrected chi connectivity index (χ1v) is 11.0. The van der Waals surface area contributed by atoms with E-state index in [1.54, 1.807) is 23.6 Å². The third kappa shape index (κ3) is 3.18. The van der Waals surface area contributed by atoms with Gasteiger partial charge in [0.2, 0.25) is 11.0 Å². The topological polar surface area (TPSA) is 69.0 Å². The summed E-state index contributed by atoms with van der Waals surface area (Å²) in [6.45, 7) is 1.99. The minimum absolute atomic E-state index is 0.0291. The van der Waals surface area contributed by atoms with Crippen LogP contribution < -0.4 is 10.1 Å². The monoisotopic (exact) mass is 422 g/mol. The number of nitrogens with zero attached hydrogens (tertiary/aromatic N) is 3. The molecule has 2 aromatic heterocycles. The zero-order valence-corrected chi connectivity index (χ0v) is 17.5. The Morgan fingerprint density at radius 2 is 2.03 bits per heavy atom. The highest BCUT2D eigenvalue weighted by Crippen LogP contribution is 2.44. The molecule has 1 aliphatic heterocycles. The predicted molar refractivity (Wildman–Crippen MR) is 117 cm³/mol. The van der Waals surface area contributed by atoms with E-state index in [0.29, 0.717) is 11.6 Å². The van der Waals surface area contributed by atoms with E-state index in [-0.39, 0.29) is 11.2 Å². The van der Waals surface area contributed by atoms with Gasteiger partial charge in [-0.15, -0.1) is 11.8 Å². The predicted octanol–water partition coefficient (Wildman–Crippen LogP) is 4.57. The van der Waals surface area contributed by atoms with Gasteiger partial charge in [-0.2, -0.15) is 9.78 Å². The van der Waals surface area contributed by atoms with E-state index in [2.05, 4.69) is 17.4 Å². The van der Waals surface area contributed by atoms with E-state index >= 15 is 0 Å². The number of aryl methyl sites for hydroxylation is 1. The van der Waals surface area contributed by atoms with Crippen molar-refractivity contribution in [1.29, 1.82) is 0 Å². The molecule has 0 fully saturated rings. The zero-order valence-electron chi connectivity index (χ0n) is 15.9. The Labute approximate surface area is 175 Å². The van der Waals surface area contributed by atoms with Gasteiger partial charge >= 0.3 is 0 Å². The van der Waals surface area contributed by atoms with E-state index in [9.17, 15) is 4.79 Å². The number of hydrogen-bond donors (Lipinski definition) is 1. The van der Waals surface area contributed by atoms with Crippen LogP contribution in [0.15, 0.2) is 48.5 Å². The Kier molecular flexibility index (Phi) is 4.52. The summed E-state index contributed by atoms with van der Waals surface area (Å²) in [6.07, 6.45) is 0. The molecular formula is C21H18N4O2S2. The number of rotatable bonds is 3. The molecular weight excluding hydrogens is 404 g/mol. The van der Waals surface area contributed by atoms with Gasteiger partial charge in [0.15, 0.2) is 0 Å². The van der Waals surface area contributed by atoms with Gasteiger partial charge in [0.25, 0.3) is 0 Å². The number of carbonyl (C=O) groups excluding carboxylic acids is 1. The Bertz CT molecular complexity index is 1220. The molecule has 5 rings (SSSR count). The summed E-state index contributed by atoms with van der Waals surface area (Å²) < 4.78 is 8.10. The van der Waals surface area contributed by atoms with Crippen LogP contribution in [-0.2, 0) is 4.79 Å². The molecule has 0 aliphatic carbocycles. The first-order chi connectivity index (χ1) is 14.1. The van der Waals surface area contributed by atoms with Crippen molar-refractivity contribution in [2.75, 3.05) is 18.2 Å². The second-order valence-corrected chi connectivity index (χ2v) is 8.84. The van der Waals surface area contributed by atoms with Crippen LogP contribution in [0.4, 0.5) is 5.82 Å². The minimum Gasteiger partial charge on any atom is -0.497 e. The molecule has 0 saturated heterocycles. The van der Waals surface area contributed by atoms with E-state index in [0.717, 1.165) is 37.9 Å². The molecule has 0 bridgehead atoms. The normalized spacial score (nSPS) is 16.3. The second kappa shape index (κ2) is 7.20. The number of amides is 1. The molecule has 2 aromatic carbocycles. The number of nitrogens with one attached hydrogen (secondary N) is 1. The van der Waals surface area contributed by atoms with Crippen LogP contribution in [0, 0.1) is 6.92 Å². The number of benzene rings is 2. The molecule has 3 heterocycles. The van der Waals surface area contributed by atoms with E-state index in [1.165, 1.54) is 11.3 Å². The van der Waals surface area contributed by atoms with Crippen LogP contribution in [0.3, 0.4) is 0 Å². The molecule has 1 N–H and O–H groups in total. The number of thiazole rings is 1. The van der Waals surface area contributed by atoms with Crippen molar-refractivity contribution in [2.45, 2.75) is 12.2 Å².